The van der Waals surface area contributed by atoms with Crippen LogP contribution in [0.3, 0.4) is 0 Å². The SMILES string of the molecule is CC(O)c1ccc(N(C)C2CCC(C)(C)CC2)nc1. The van der Waals surface area contributed by atoms with E-state index in [2.05, 4.69) is 30.8 Å². The molecule has 1 heterocycles. The second-order valence-electron chi connectivity index (χ2n) is 6.63. The van der Waals surface area contributed by atoms with Crippen molar-refractivity contribution in [1.29, 1.82) is 0 Å². The van der Waals surface area contributed by atoms with Gasteiger partial charge in [-0.15, -0.1) is 0 Å². The van der Waals surface area contributed by atoms with Gasteiger partial charge >= 0.3 is 0 Å². The van der Waals surface area contributed by atoms with E-state index in [1.807, 2.05) is 12.1 Å². The van der Waals surface area contributed by atoms with Crippen molar-refractivity contribution in [2.45, 2.75) is 58.6 Å². The number of nitrogens with zero attached hydrogens (tertiary/aromatic N) is 2. The first-order valence-corrected chi connectivity index (χ1v) is 7.26. The van der Waals surface area contributed by atoms with E-state index in [0.29, 0.717) is 11.5 Å². The molecule has 0 radical (unpaired) electrons. The summed E-state index contributed by atoms with van der Waals surface area (Å²) >= 11 is 0. The molecule has 0 bridgehead atoms. The van der Waals surface area contributed by atoms with Gasteiger partial charge < -0.3 is 10.0 Å². The Labute approximate surface area is 116 Å². The molecular formula is C16H26N2O. The Morgan fingerprint density at radius 1 is 1.32 bits per heavy atom. The molecular weight excluding hydrogens is 236 g/mol. The zero-order valence-electron chi connectivity index (χ0n) is 12.6. The molecule has 1 atom stereocenters. The molecule has 0 aliphatic heterocycles. The van der Waals surface area contributed by atoms with E-state index < -0.39 is 6.10 Å². The Morgan fingerprint density at radius 2 is 1.95 bits per heavy atom. The summed E-state index contributed by atoms with van der Waals surface area (Å²) in [4.78, 5) is 6.77. The van der Waals surface area contributed by atoms with Gasteiger partial charge in [0.05, 0.1) is 6.10 Å². The van der Waals surface area contributed by atoms with Crippen molar-refractivity contribution in [2.75, 3.05) is 11.9 Å². The van der Waals surface area contributed by atoms with Gasteiger partial charge in [-0.3, -0.25) is 0 Å². The van der Waals surface area contributed by atoms with E-state index in [0.717, 1.165) is 11.4 Å². The second kappa shape index (κ2) is 5.49. The van der Waals surface area contributed by atoms with E-state index in [9.17, 15) is 5.11 Å². The average Bonchev–Trinajstić information content (AvgIpc) is 2.38. The van der Waals surface area contributed by atoms with Crippen LogP contribution in [-0.2, 0) is 0 Å². The van der Waals surface area contributed by atoms with Crippen molar-refractivity contribution in [2.24, 2.45) is 5.41 Å². The minimum Gasteiger partial charge on any atom is -0.389 e. The number of pyridine rings is 1. The Bertz CT molecular complexity index is 401. The summed E-state index contributed by atoms with van der Waals surface area (Å²) in [6, 6.07) is 4.58. The van der Waals surface area contributed by atoms with E-state index in [4.69, 9.17) is 0 Å². The Hall–Kier alpha value is -1.09. The first-order valence-electron chi connectivity index (χ1n) is 7.26. The molecule has 1 aliphatic rings. The minimum absolute atomic E-state index is 0.442. The molecule has 0 saturated heterocycles. The molecule has 1 fully saturated rings. The largest absolute Gasteiger partial charge is 0.389 e. The monoisotopic (exact) mass is 262 g/mol. The molecule has 19 heavy (non-hydrogen) atoms. The van der Waals surface area contributed by atoms with Gasteiger partial charge in [-0.1, -0.05) is 19.9 Å². The van der Waals surface area contributed by atoms with E-state index in [-0.39, 0.29) is 0 Å². The standard InChI is InChI=1S/C16H26N2O/c1-12(19)13-5-6-15(17-11-13)18(4)14-7-9-16(2,3)10-8-14/h5-6,11-12,14,19H,7-10H2,1-4H3. The minimum atomic E-state index is -0.442. The maximum Gasteiger partial charge on any atom is 0.128 e. The quantitative estimate of drug-likeness (QED) is 0.905. The number of rotatable bonds is 3. The lowest BCUT2D eigenvalue weighted by molar-refractivity contribution is 0.199. The van der Waals surface area contributed by atoms with Gasteiger partial charge in [-0.25, -0.2) is 4.98 Å². The summed E-state index contributed by atoms with van der Waals surface area (Å²) in [5.41, 5.74) is 1.38. The van der Waals surface area contributed by atoms with E-state index in [1.54, 1.807) is 13.1 Å². The molecule has 1 aromatic heterocycles. The Kier molecular flexibility index (Phi) is 4.14. The fourth-order valence-corrected chi connectivity index (χ4v) is 2.81. The van der Waals surface area contributed by atoms with Crippen LogP contribution in [0.25, 0.3) is 0 Å². The van der Waals surface area contributed by atoms with E-state index in [1.165, 1.54) is 25.7 Å². The highest BCUT2D eigenvalue weighted by Gasteiger charge is 2.29. The maximum atomic E-state index is 9.51. The lowest BCUT2D eigenvalue weighted by Gasteiger charge is -2.39. The number of hydrogen-bond donors (Lipinski definition) is 1. The van der Waals surface area contributed by atoms with Crippen LogP contribution in [0.15, 0.2) is 18.3 Å². The molecule has 2 rings (SSSR count). The summed E-state index contributed by atoms with van der Waals surface area (Å²) in [5.74, 6) is 1.01. The fourth-order valence-electron chi connectivity index (χ4n) is 2.81. The molecule has 0 spiro atoms. The first kappa shape index (κ1) is 14.3. The van der Waals surface area contributed by atoms with Crippen molar-refractivity contribution < 1.29 is 5.11 Å². The first-order chi connectivity index (χ1) is 8.89. The topological polar surface area (TPSA) is 36.4 Å². The third kappa shape index (κ3) is 3.47. The Balaban J connectivity index is 2.02. The highest BCUT2D eigenvalue weighted by atomic mass is 16.3. The molecule has 3 nitrogen and oxygen atoms in total. The van der Waals surface area contributed by atoms with Crippen LogP contribution in [-0.4, -0.2) is 23.2 Å². The van der Waals surface area contributed by atoms with Crippen molar-refractivity contribution in [3.05, 3.63) is 23.9 Å². The molecule has 1 saturated carbocycles. The van der Waals surface area contributed by atoms with Crippen LogP contribution in [0.4, 0.5) is 5.82 Å². The van der Waals surface area contributed by atoms with Crippen LogP contribution in [0, 0.1) is 5.41 Å². The number of aromatic nitrogens is 1. The van der Waals surface area contributed by atoms with Crippen molar-refractivity contribution in [3.63, 3.8) is 0 Å². The molecule has 3 heteroatoms. The predicted molar refractivity (Wildman–Crippen MR) is 79.3 cm³/mol. The maximum absolute atomic E-state index is 9.51. The van der Waals surface area contributed by atoms with Gasteiger partial charge in [0.15, 0.2) is 0 Å². The summed E-state index contributed by atoms with van der Waals surface area (Å²) in [7, 11) is 2.13. The lowest BCUT2D eigenvalue weighted by Crippen LogP contribution is -2.37. The summed E-state index contributed by atoms with van der Waals surface area (Å²) < 4.78 is 0. The lowest BCUT2D eigenvalue weighted by atomic mass is 9.75. The molecule has 1 N–H and O–H groups in total. The number of aliphatic hydroxyl groups excluding tert-OH is 1. The van der Waals surface area contributed by atoms with Crippen LogP contribution in [0.5, 0.6) is 0 Å². The highest BCUT2D eigenvalue weighted by molar-refractivity contribution is 5.40. The molecule has 1 unspecified atom stereocenters. The Morgan fingerprint density at radius 3 is 2.42 bits per heavy atom. The van der Waals surface area contributed by atoms with Gasteiger partial charge in [-0.2, -0.15) is 0 Å². The molecule has 0 aromatic carbocycles. The third-order valence-corrected chi connectivity index (χ3v) is 4.47. The third-order valence-electron chi connectivity index (χ3n) is 4.47. The highest BCUT2D eigenvalue weighted by Crippen LogP contribution is 2.37. The smallest absolute Gasteiger partial charge is 0.128 e. The van der Waals surface area contributed by atoms with Crippen LogP contribution in [0.1, 0.15) is 58.1 Å². The normalized spacial score (nSPS) is 21.1. The molecule has 106 valence electrons. The van der Waals surface area contributed by atoms with Crippen LogP contribution < -0.4 is 4.90 Å². The van der Waals surface area contributed by atoms with E-state index >= 15 is 0 Å². The molecule has 1 aliphatic carbocycles. The van der Waals surface area contributed by atoms with Crippen molar-refractivity contribution >= 4 is 5.82 Å². The van der Waals surface area contributed by atoms with Crippen molar-refractivity contribution in [1.82, 2.24) is 4.98 Å². The van der Waals surface area contributed by atoms with Gasteiger partial charge in [0.1, 0.15) is 5.82 Å². The predicted octanol–water partition coefficient (Wildman–Crippen LogP) is 3.54. The average molecular weight is 262 g/mol. The number of aliphatic hydroxyl groups is 1. The number of anilines is 1. The van der Waals surface area contributed by atoms with Gasteiger partial charge in [0, 0.05) is 19.3 Å². The summed E-state index contributed by atoms with van der Waals surface area (Å²) in [5, 5.41) is 9.51. The van der Waals surface area contributed by atoms with Gasteiger partial charge in [-0.05, 0) is 49.7 Å². The molecule has 0 amide bonds. The van der Waals surface area contributed by atoms with Crippen molar-refractivity contribution in [3.8, 4) is 0 Å². The van der Waals surface area contributed by atoms with Crippen LogP contribution in [0.2, 0.25) is 0 Å². The summed E-state index contributed by atoms with van der Waals surface area (Å²) in [6.07, 6.45) is 6.39. The molecule has 1 aromatic rings. The van der Waals surface area contributed by atoms with Gasteiger partial charge in [0.25, 0.3) is 0 Å². The fraction of sp³-hybridized carbons (Fsp3) is 0.688. The van der Waals surface area contributed by atoms with Gasteiger partial charge in [0.2, 0.25) is 0 Å². The second-order valence-corrected chi connectivity index (χ2v) is 6.63. The zero-order valence-corrected chi connectivity index (χ0v) is 12.6. The number of hydrogen-bond acceptors (Lipinski definition) is 3. The van der Waals surface area contributed by atoms with Crippen LogP contribution >= 0.6 is 0 Å². The summed E-state index contributed by atoms with van der Waals surface area (Å²) in [6.45, 7) is 6.49. The zero-order chi connectivity index (χ0) is 14.0.